The van der Waals surface area contributed by atoms with Crippen molar-refractivity contribution in [3.63, 3.8) is 0 Å². The predicted octanol–water partition coefficient (Wildman–Crippen LogP) is 5.56. The number of hydrogen-bond donors (Lipinski definition) is 2. The van der Waals surface area contributed by atoms with Gasteiger partial charge in [-0.05, 0) is 6.92 Å². The Bertz CT molecular complexity index is 1210. The Morgan fingerprint density at radius 2 is 1.18 bits per heavy atom. The monoisotopic (exact) mass is 620 g/mol. The zero-order valence-corrected chi connectivity index (χ0v) is 26.2. The molecule has 4 rings (SSSR count). The molecule has 0 aromatic heterocycles. The van der Waals surface area contributed by atoms with E-state index in [0.29, 0.717) is 22.1 Å². The molecule has 1 saturated carbocycles. The molecule has 2 N–H and O–H groups in total. The molecule has 1 aliphatic carbocycles. The normalized spacial score (nSPS) is 21.7. The second-order valence-electron chi connectivity index (χ2n) is 12.2. The molecule has 0 amide bonds. The minimum absolute atomic E-state index is 0.220. The Balaban J connectivity index is 0.000000983. The summed E-state index contributed by atoms with van der Waals surface area (Å²) in [6.07, 6.45) is 8.62. The van der Waals surface area contributed by atoms with Crippen molar-refractivity contribution in [3.8, 4) is 11.5 Å². The molecule has 2 aromatic rings. The van der Waals surface area contributed by atoms with Crippen LogP contribution in [0.2, 0.25) is 10.0 Å². The van der Waals surface area contributed by atoms with Crippen LogP contribution in [0.5, 0.6) is 11.5 Å². The maximum atomic E-state index is 11.1. The summed E-state index contributed by atoms with van der Waals surface area (Å²) in [5.41, 5.74) is 2.72. The first-order valence-corrected chi connectivity index (χ1v) is 14.8. The SMILES string of the molecule is CC(=O)[O-].CC(C)(C)c1cc(Cl)cc(C=[N+]2[Co][N+](=Cc3cc(Cl)cc(C(C)(C)C)c3O)C3CCCCC32)c1O. The van der Waals surface area contributed by atoms with Crippen molar-refractivity contribution < 1.29 is 42.5 Å². The van der Waals surface area contributed by atoms with E-state index < -0.39 is 5.97 Å². The summed E-state index contributed by atoms with van der Waals surface area (Å²) >= 11 is 13.9. The molecule has 215 valence electrons. The second kappa shape index (κ2) is 12.2. The number of aliphatic carboxylic acids is 1. The number of phenols is 2. The van der Waals surface area contributed by atoms with Gasteiger partial charge in [-0.15, -0.1) is 0 Å². The third-order valence-electron chi connectivity index (χ3n) is 6.79. The van der Waals surface area contributed by atoms with E-state index >= 15 is 0 Å². The van der Waals surface area contributed by atoms with Crippen molar-refractivity contribution in [2.45, 2.75) is 97.1 Å². The van der Waals surface area contributed by atoms with Crippen LogP contribution >= 0.6 is 23.2 Å². The Hall–Kier alpha value is -2.06. The average Bonchev–Trinajstić information content (AvgIpc) is 3.13. The van der Waals surface area contributed by atoms with Crippen molar-refractivity contribution in [1.29, 1.82) is 0 Å². The van der Waals surface area contributed by atoms with Gasteiger partial charge in [0.15, 0.2) is 0 Å². The van der Waals surface area contributed by atoms with Crippen LogP contribution in [0.25, 0.3) is 0 Å². The summed E-state index contributed by atoms with van der Waals surface area (Å²) in [4.78, 5) is 8.89. The van der Waals surface area contributed by atoms with E-state index in [2.05, 4.69) is 48.8 Å². The number of phenolic OH excluding ortho intramolecular Hbond substituents is 2. The topological polar surface area (TPSA) is 86.6 Å². The first kappa shape index (κ1) is 31.5. The van der Waals surface area contributed by atoms with Crippen molar-refractivity contribution >= 4 is 41.6 Å². The van der Waals surface area contributed by atoms with Crippen molar-refractivity contribution in [3.05, 3.63) is 56.6 Å². The Kier molecular flexibility index (Phi) is 9.85. The summed E-state index contributed by atoms with van der Waals surface area (Å²) in [6, 6.07) is 8.02. The van der Waals surface area contributed by atoms with Gasteiger partial charge >= 0.3 is 226 Å². The number of hydrogen-bond acceptors (Lipinski definition) is 4. The van der Waals surface area contributed by atoms with Crippen molar-refractivity contribution in [1.82, 2.24) is 0 Å². The zero-order chi connectivity index (χ0) is 29.3. The summed E-state index contributed by atoms with van der Waals surface area (Å²) in [5, 5.41) is 32.3. The van der Waals surface area contributed by atoms with Gasteiger partial charge in [0.1, 0.15) is 0 Å². The van der Waals surface area contributed by atoms with Crippen LogP contribution in [0.1, 0.15) is 96.4 Å². The van der Waals surface area contributed by atoms with Crippen molar-refractivity contribution in [2.24, 2.45) is 0 Å². The van der Waals surface area contributed by atoms with Crippen LogP contribution in [0.3, 0.4) is 0 Å². The van der Waals surface area contributed by atoms with Gasteiger partial charge in [-0.25, -0.2) is 0 Å². The molecule has 2 unspecified atom stereocenters. The minimum atomic E-state index is -1.08. The van der Waals surface area contributed by atoms with E-state index in [1.54, 1.807) is 0 Å². The van der Waals surface area contributed by atoms with E-state index in [-0.39, 0.29) is 22.3 Å². The number of nitrogens with zero attached hydrogens (tertiary/aromatic N) is 2. The van der Waals surface area contributed by atoms with Gasteiger partial charge in [-0.1, -0.05) is 0 Å². The van der Waals surface area contributed by atoms with Gasteiger partial charge in [0.05, 0.1) is 0 Å². The van der Waals surface area contributed by atoms with Gasteiger partial charge in [-0.2, -0.15) is 0 Å². The number of halogens is 2. The number of rotatable bonds is 2. The van der Waals surface area contributed by atoms with E-state index in [1.807, 2.05) is 36.7 Å². The fraction of sp³-hybridized carbons (Fsp3) is 0.500. The molecule has 2 fully saturated rings. The molecule has 0 radical (unpaired) electrons. The van der Waals surface area contributed by atoms with E-state index in [1.165, 1.54) is 12.8 Å². The number of carboxylic acids is 1. The van der Waals surface area contributed by atoms with Crippen molar-refractivity contribution in [2.75, 3.05) is 0 Å². The predicted molar refractivity (Wildman–Crippen MR) is 151 cm³/mol. The third kappa shape index (κ3) is 7.78. The summed E-state index contributed by atoms with van der Waals surface area (Å²) < 4.78 is 4.59. The molecule has 6 nitrogen and oxygen atoms in total. The molecule has 9 heteroatoms. The molecular formula is C30H39Cl2CoN2O4+. The van der Waals surface area contributed by atoms with Crippen LogP contribution in [0.15, 0.2) is 24.3 Å². The summed E-state index contributed by atoms with van der Waals surface area (Å²) in [7, 11) is 0. The molecule has 1 saturated heterocycles. The summed E-state index contributed by atoms with van der Waals surface area (Å²) in [6.45, 7) is 13.4. The quantitative estimate of drug-likeness (QED) is 0.460. The van der Waals surface area contributed by atoms with Gasteiger partial charge in [0.2, 0.25) is 0 Å². The third-order valence-corrected chi connectivity index (χ3v) is 8.67. The summed E-state index contributed by atoms with van der Waals surface area (Å²) in [5.74, 6) is -0.512. The molecule has 39 heavy (non-hydrogen) atoms. The van der Waals surface area contributed by atoms with E-state index in [0.717, 1.165) is 57.1 Å². The van der Waals surface area contributed by atoms with Crippen LogP contribution in [-0.2, 0) is 30.8 Å². The number of fused-ring (bicyclic) bond motifs is 1. The molecule has 0 bridgehead atoms. The van der Waals surface area contributed by atoms with Gasteiger partial charge in [-0.3, -0.25) is 0 Å². The van der Waals surface area contributed by atoms with E-state index in [9.17, 15) is 10.2 Å². The fourth-order valence-electron chi connectivity index (χ4n) is 4.89. The molecule has 2 aromatic carbocycles. The zero-order valence-electron chi connectivity index (χ0n) is 23.6. The number of carbonyl (C=O) groups excluding carboxylic acids is 1. The molecule has 2 aliphatic rings. The fourth-order valence-corrected chi connectivity index (χ4v) is 6.97. The van der Waals surface area contributed by atoms with E-state index in [4.69, 9.17) is 33.1 Å². The molecular weight excluding hydrogens is 582 g/mol. The van der Waals surface area contributed by atoms with Crippen LogP contribution in [-0.4, -0.2) is 47.9 Å². The van der Waals surface area contributed by atoms with Gasteiger partial charge in [0.25, 0.3) is 0 Å². The van der Waals surface area contributed by atoms with Crippen LogP contribution in [0, 0.1) is 0 Å². The van der Waals surface area contributed by atoms with Gasteiger partial charge in [0, 0.05) is 5.97 Å². The van der Waals surface area contributed by atoms with Gasteiger partial charge < -0.3 is 9.90 Å². The first-order valence-electron chi connectivity index (χ1n) is 13.1. The first-order chi connectivity index (χ1) is 18.0. The number of carboxylic acid groups (broad SMARTS) is 1. The number of aromatic hydroxyl groups is 2. The Morgan fingerprint density at radius 1 is 0.846 bits per heavy atom. The maximum absolute atomic E-state index is 11.1. The van der Waals surface area contributed by atoms with Crippen LogP contribution in [0.4, 0.5) is 0 Å². The van der Waals surface area contributed by atoms with Crippen LogP contribution < -0.4 is 5.11 Å². The Morgan fingerprint density at radius 3 is 1.49 bits per heavy atom. The Labute approximate surface area is 248 Å². The molecule has 2 atom stereocenters. The standard InChI is InChI=1S/C28H36Cl2N2O2.C2H4O2.Co/c1-27(2,3)21-13-19(29)11-17(25(21)33)15-31-23-9-7-8-10-24(23)32-16-18-12-20(30)14-22(26(18)34)28(4,5)6;1-2(3)4;/h11-16,23-24,33-34H,7-10H2,1-6H3;1H3,(H,3,4);/q;;+2/p-1. The molecule has 1 heterocycles. The number of benzene rings is 2. The second-order valence-corrected chi connectivity index (χ2v) is 14.3. The molecule has 0 spiro atoms. The number of carbonyl (C=O) groups is 1. The average molecular weight is 621 g/mol. The molecule has 1 aliphatic heterocycles.